The van der Waals surface area contributed by atoms with Gasteiger partial charge >= 0.3 is 11.6 Å². The lowest BCUT2D eigenvalue weighted by Gasteiger charge is -2.09. The summed E-state index contributed by atoms with van der Waals surface area (Å²) in [6.45, 7) is 0. The van der Waals surface area contributed by atoms with Gasteiger partial charge in [-0.05, 0) is 18.2 Å². The summed E-state index contributed by atoms with van der Waals surface area (Å²) >= 11 is 0. The number of hydrogen-bond acceptors (Lipinski definition) is 6. The van der Waals surface area contributed by atoms with Gasteiger partial charge in [0.15, 0.2) is 6.10 Å². The van der Waals surface area contributed by atoms with Crippen LogP contribution in [-0.4, -0.2) is 29.4 Å². The number of aliphatic hydroxyl groups is 1. The predicted octanol–water partition coefficient (Wildman–Crippen LogP) is 1.73. The van der Waals surface area contributed by atoms with E-state index in [4.69, 9.17) is 4.42 Å². The largest absolute Gasteiger partial charge is 0.507 e. The summed E-state index contributed by atoms with van der Waals surface area (Å²) in [5.41, 5.74) is -0.120. The molecule has 1 aromatic heterocycles. The summed E-state index contributed by atoms with van der Waals surface area (Å²) in [5, 5.41) is 21.4. The number of fused-ring (bicyclic) bond motifs is 3. The highest BCUT2D eigenvalue weighted by atomic mass is 16.5. The first-order valence-corrected chi connectivity index (χ1v) is 6.94. The van der Waals surface area contributed by atoms with Crippen LogP contribution in [-0.2, 0) is 16.0 Å². The maximum atomic E-state index is 12.1. The Morgan fingerprint density at radius 3 is 2.78 bits per heavy atom. The van der Waals surface area contributed by atoms with Crippen LogP contribution in [0.4, 0.5) is 0 Å². The Labute approximate surface area is 130 Å². The lowest BCUT2D eigenvalue weighted by Crippen LogP contribution is -2.26. The van der Waals surface area contributed by atoms with Crippen molar-refractivity contribution in [1.82, 2.24) is 0 Å². The molecule has 6 heteroatoms. The Bertz CT molecular complexity index is 956. The van der Waals surface area contributed by atoms with Crippen LogP contribution in [0.25, 0.3) is 21.7 Å². The van der Waals surface area contributed by atoms with Crippen LogP contribution in [0.3, 0.4) is 0 Å². The average molecular weight is 314 g/mol. The molecule has 0 fully saturated rings. The quantitative estimate of drug-likeness (QED) is 0.434. The van der Waals surface area contributed by atoms with Crippen molar-refractivity contribution in [1.29, 1.82) is 0 Å². The predicted molar refractivity (Wildman–Crippen MR) is 83.4 cm³/mol. The number of phenols is 1. The van der Waals surface area contributed by atoms with Gasteiger partial charge in [0, 0.05) is 28.1 Å². The second-order valence-electron chi connectivity index (χ2n) is 5.16. The van der Waals surface area contributed by atoms with E-state index in [0.717, 1.165) is 7.11 Å². The zero-order chi connectivity index (χ0) is 16.6. The first-order chi connectivity index (χ1) is 11.0. The molecule has 0 bridgehead atoms. The lowest BCUT2D eigenvalue weighted by molar-refractivity contribution is -0.150. The van der Waals surface area contributed by atoms with Gasteiger partial charge in [-0.2, -0.15) is 0 Å². The molecule has 0 aliphatic heterocycles. The molecule has 2 aromatic carbocycles. The monoisotopic (exact) mass is 314 g/mol. The molecular formula is C17H14O6. The topological polar surface area (TPSA) is 97.0 Å². The highest BCUT2D eigenvalue weighted by molar-refractivity contribution is 6.06. The number of hydrogen-bond donors (Lipinski definition) is 2. The van der Waals surface area contributed by atoms with E-state index in [1.165, 1.54) is 0 Å². The van der Waals surface area contributed by atoms with Gasteiger partial charge in [0.1, 0.15) is 11.3 Å². The minimum atomic E-state index is -1.43. The molecular weight excluding hydrogens is 300 g/mol. The van der Waals surface area contributed by atoms with E-state index in [2.05, 4.69) is 4.74 Å². The van der Waals surface area contributed by atoms with E-state index in [-0.39, 0.29) is 17.7 Å². The fraction of sp³-hybridized carbons (Fsp3) is 0.176. The number of phenolic OH excluding ortho intramolecular Hbond substituents is 1. The Morgan fingerprint density at radius 1 is 1.26 bits per heavy atom. The van der Waals surface area contributed by atoms with Gasteiger partial charge in [-0.15, -0.1) is 0 Å². The summed E-state index contributed by atoms with van der Waals surface area (Å²) in [6, 6.07) is 9.93. The van der Waals surface area contributed by atoms with Gasteiger partial charge in [0.05, 0.1) is 7.11 Å². The molecule has 0 aliphatic rings. The molecule has 0 radical (unpaired) electrons. The Kier molecular flexibility index (Phi) is 3.75. The van der Waals surface area contributed by atoms with Crippen LogP contribution in [0.15, 0.2) is 45.6 Å². The number of benzene rings is 2. The second kappa shape index (κ2) is 5.73. The molecule has 118 valence electrons. The van der Waals surface area contributed by atoms with E-state index in [0.29, 0.717) is 21.7 Å². The van der Waals surface area contributed by atoms with Crippen LogP contribution in [0, 0.1) is 0 Å². The molecule has 6 nitrogen and oxygen atoms in total. The molecule has 0 amide bonds. The molecule has 0 saturated carbocycles. The first-order valence-electron chi connectivity index (χ1n) is 6.94. The summed E-state index contributed by atoms with van der Waals surface area (Å²) in [6.07, 6.45) is -1.62. The fourth-order valence-corrected chi connectivity index (χ4v) is 2.53. The number of methoxy groups -OCH3 is 1. The van der Waals surface area contributed by atoms with Crippen LogP contribution in [0.2, 0.25) is 0 Å². The van der Waals surface area contributed by atoms with Gasteiger partial charge < -0.3 is 19.4 Å². The molecule has 0 saturated heterocycles. The van der Waals surface area contributed by atoms with Crippen molar-refractivity contribution in [2.24, 2.45) is 0 Å². The number of carbonyl (C=O) groups is 1. The van der Waals surface area contributed by atoms with E-state index in [1.807, 2.05) is 0 Å². The maximum absolute atomic E-state index is 12.1. The smallest absolute Gasteiger partial charge is 0.339 e. The normalized spacial score (nSPS) is 12.4. The second-order valence-corrected chi connectivity index (χ2v) is 5.16. The highest BCUT2D eigenvalue weighted by Gasteiger charge is 2.19. The summed E-state index contributed by atoms with van der Waals surface area (Å²) < 4.78 is 9.78. The Morgan fingerprint density at radius 2 is 2.04 bits per heavy atom. The Balaban J connectivity index is 2.14. The van der Waals surface area contributed by atoms with Crippen LogP contribution >= 0.6 is 0 Å². The van der Waals surface area contributed by atoms with Crippen molar-refractivity contribution < 1.29 is 24.2 Å². The van der Waals surface area contributed by atoms with Crippen LogP contribution in [0.5, 0.6) is 5.75 Å². The fourth-order valence-electron chi connectivity index (χ4n) is 2.53. The summed E-state index contributed by atoms with van der Waals surface area (Å²) in [4.78, 5) is 23.4. The molecule has 23 heavy (non-hydrogen) atoms. The van der Waals surface area contributed by atoms with E-state index in [1.54, 1.807) is 36.4 Å². The number of rotatable bonds is 3. The van der Waals surface area contributed by atoms with Gasteiger partial charge in [-0.1, -0.05) is 18.2 Å². The van der Waals surface area contributed by atoms with Gasteiger partial charge in [0.25, 0.3) is 0 Å². The molecule has 3 aromatic rings. The SMILES string of the molecule is COC(=O)[C@@H](O)Cc1cc2ccc3c(O)cccc3c2oc1=O. The highest BCUT2D eigenvalue weighted by Crippen LogP contribution is 2.30. The molecule has 0 aliphatic carbocycles. The molecule has 3 rings (SSSR count). The minimum Gasteiger partial charge on any atom is -0.507 e. The third-order valence-electron chi connectivity index (χ3n) is 3.69. The zero-order valence-electron chi connectivity index (χ0n) is 12.3. The van der Waals surface area contributed by atoms with Gasteiger partial charge in [-0.3, -0.25) is 0 Å². The number of carbonyl (C=O) groups excluding carboxylic acids is 1. The third kappa shape index (κ3) is 2.64. The lowest BCUT2D eigenvalue weighted by atomic mass is 10.0. The van der Waals surface area contributed by atoms with Crippen molar-refractivity contribution in [3.05, 3.63) is 52.4 Å². The van der Waals surface area contributed by atoms with E-state index < -0.39 is 17.7 Å². The van der Waals surface area contributed by atoms with Crippen molar-refractivity contribution >= 4 is 27.7 Å². The number of ether oxygens (including phenoxy) is 1. The number of aromatic hydroxyl groups is 1. The number of aliphatic hydroxyl groups excluding tert-OH is 1. The van der Waals surface area contributed by atoms with Gasteiger partial charge in [0.2, 0.25) is 0 Å². The minimum absolute atomic E-state index is 0.0947. The van der Waals surface area contributed by atoms with Crippen molar-refractivity contribution in [3.8, 4) is 5.75 Å². The Hall–Kier alpha value is -2.86. The standard InChI is InChI=1S/C17H14O6/c1-22-17(21)14(19)8-10-7-9-5-6-11-12(3-2-4-13(11)18)15(9)23-16(10)20/h2-7,14,18-19H,8H2,1H3/t14-/m0/s1. The summed E-state index contributed by atoms with van der Waals surface area (Å²) in [5.74, 6) is -0.717. The van der Waals surface area contributed by atoms with Crippen molar-refractivity contribution in [2.75, 3.05) is 7.11 Å². The van der Waals surface area contributed by atoms with Gasteiger partial charge in [-0.25, -0.2) is 9.59 Å². The van der Waals surface area contributed by atoms with E-state index in [9.17, 15) is 19.8 Å². The zero-order valence-corrected chi connectivity index (χ0v) is 12.3. The summed E-state index contributed by atoms with van der Waals surface area (Å²) in [7, 11) is 1.16. The first kappa shape index (κ1) is 15.1. The maximum Gasteiger partial charge on any atom is 0.339 e. The van der Waals surface area contributed by atoms with Crippen LogP contribution < -0.4 is 5.63 Å². The van der Waals surface area contributed by atoms with Crippen LogP contribution in [0.1, 0.15) is 5.56 Å². The molecule has 2 N–H and O–H groups in total. The molecule has 0 unspecified atom stereocenters. The molecule has 0 spiro atoms. The number of esters is 1. The molecule has 1 heterocycles. The average Bonchev–Trinajstić information content (AvgIpc) is 2.55. The van der Waals surface area contributed by atoms with E-state index >= 15 is 0 Å². The van der Waals surface area contributed by atoms with Crippen molar-refractivity contribution in [3.63, 3.8) is 0 Å². The van der Waals surface area contributed by atoms with Crippen molar-refractivity contribution in [2.45, 2.75) is 12.5 Å². The molecule has 1 atom stereocenters. The third-order valence-corrected chi connectivity index (χ3v) is 3.69.